The third-order valence-corrected chi connectivity index (χ3v) is 2.23. The van der Waals surface area contributed by atoms with Crippen molar-refractivity contribution in [2.75, 3.05) is 0 Å². The minimum atomic E-state index is -0.0757. The molecule has 0 saturated heterocycles. The molecule has 0 radical (unpaired) electrons. The Balaban J connectivity index is 0.000000720. The maximum absolute atomic E-state index is 9.00. The lowest BCUT2D eigenvalue weighted by atomic mass is 10.1. The van der Waals surface area contributed by atoms with Crippen LogP contribution in [0.2, 0.25) is 0 Å². The summed E-state index contributed by atoms with van der Waals surface area (Å²) in [6, 6.07) is 7.15. The highest BCUT2D eigenvalue weighted by molar-refractivity contribution is 5.85. The molecule has 1 fully saturated rings. The first-order valence-corrected chi connectivity index (χ1v) is 3.79. The summed E-state index contributed by atoms with van der Waals surface area (Å²) in [6.45, 7) is 0. The highest BCUT2D eigenvalue weighted by Crippen LogP contribution is 2.42. The smallest absolute Gasteiger partial charge is 0.115 e. The van der Waals surface area contributed by atoms with Crippen molar-refractivity contribution in [1.82, 2.24) is 0 Å². The zero-order chi connectivity index (χ0) is 7.90. The van der Waals surface area contributed by atoms with Crippen molar-refractivity contribution in [2.24, 2.45) is 5.73 Å². The van der Waals surface area contributed by atoms with E-state index in [0.717, 1.165) is 18.4 Å². The molecule has 0 amide bonds. The Hall–Kier alpha value is -0.730. The van der Waals surface area contributed by atoms with Crippen molar-refractivity contribution in [3.8, 4) is 5.75 Å². The van der Waals surface area contributed by atoms with Gasteiger partial charge in [0.15, 0.2) is 0 Å². The van der Waals surface area contributed by atoms with E-state index in [0.29, 0.717) is 5.75 Å². The summed E-state index contributed by atoms with van der Waals surface area (Å²) in [5.41, 5.74) is 7.00. The lowest BCUT2D eigenvalue weighted by molar-refractivity contribution is 0.475. The van der Waals surface area contributed by atoms with Crippen LogP contribution in [-0.2, 0) is 5.54 Å². The predicted molar refractivity (Wildman–Crippen MR) is 50.5 cm³/mol. The van der Waals surface area contributed by atoms with Crippen molar-refractivity contribution < 1.29 is 5.11 Å². The summed E-state index contributed by atoms with van der Waals surface area (Å²) < 4.78 is 0. The van der Waals surface area contributed by atoms with Gasteiger partial charge in [0.05, 0.1) is 0 Å². The number of hydrogen-bond donors (Lipinski definition) is 2. The second-order valence-electron chi connectivity index (χ2n) is 3.20. The van der Waals surface area contributed by atoms with Crippen LogP contribution in [-0.4, -0.2) is 5.11 Å². The molecule has 0 atom stereocenters. The Kier molecular flexibility index (Phi) is 2.31. The number of hydrogen-bond acceptors (Lipinski definition) is 2. The van der Waals surface area contributed by atoms with Crippen molar-refractivity contribution in [1.29, 1.82) is 0 Å². The van der Waals surface area contributed by atoms with Crippen LogP contribution in [0.25, 0.3) is 0 Å². The summed E-state index contributed by atoms with van der Waals surface area (Å²) in [5, 5.41) is 9.00. The maximum atomic E-state index is 9.00. The Morgan fingerprint density at radius 2 is 1.67 bits per heavy atom. The van der Waals surface area contributed by atoms with Gasteiger partial charge >= 0.3 is 0 Å². The lowest BCUT2D eigenvalue weighted by Crippen LogP contribution is -2.18. The molecule has 0 heterocycles. The van der Waals surface area contributed by atoms with Gasteiger partial charge in [-0.2, -0.15) is 0 Å². The second kappa shape index (κ2) is 2.96. The third kappa shape index (κ3) is 1.54. The molecule has 3 heteroatoms. The molecule has 1 aromatic carbocycles. The van der Waals surface area contributed by atoms with Gasteiger partial charge in [-0.1, -0.05) is 12.1 Å². The number of phenolic OH excluding ortho intramolecular Hbond substituents is 1. The first kappa shape index (κ1) is 9.36. The summed E-state index contributed by atoms with van der Waals surface area (Å²) in [7, 11) is 0. The number of rotatable bonds is 1. The van der Waals surface area contributed by atoms with Gasteiger partial charge in [-0.15, -0.1) is 12.4 Å². The molecule has 0 aliphatic heterocycles. The quantitative estimate of drug-likeness (QED) is 0.701. The van der Waals surface area contributed by atoms with Crippen LogP contribution in [0.4, 0.5) is 0 Å². The van der Waals surface area contributed by atoms with Gasteiger partial charge in [-0.3, -0.25) is 0 Å². The molecule has 1 aliphatic carbocycles. The van der Waals surface area contributed by atoms with Gasteiger partial charge in [0.2, 0.25) is 0 Å². The van der Waals surface area contributed by atoms with E-state index < -0.39 is 0 Å². The highest BCUT2D eigenvalue weighted by Gasteiger charge is 2.39. The molecule has 1 aliphatic rings. The van der Waals surface area contributed by atoms with Crippen LogP contribution in [0.5, 0.6) is 5.75 Å². The van der Waals surface area contributed by atoms with E-state index in [1.807, 2.05) is 12.1 Å². The molecule has 12 heavy (non-hydrogen) atoms. The molecule has 0 bridgehead atoms. The molecule has 0 spiro atoms. The normalized spacial score (nSPS) is 18.1. The summed E-state index contributed by atoms with van der Waals surface area (Å²) >= 11 is 0. The molecule has 2 rings (SSSR count). The number of benzene rings is 1. The standard InChI is InChI=1S/C9H11NO.ClH/c10-9(5-6-9)7-1-3-8(11)4-2-7;/h1-4,11H,5-6,10H2;1H. The van der Waals surface area contributed by atoms with E-state index in [4.69, 9.17) is 10.8 Å². The topological polar surface area (TPSA) is 46.2 Å². The Labute approximate surface area is 77.8 Å². The van der Waals surface area contributed by atoms with E-state index in [-0.39, 0.29) is 17.9 Å². The fourth-order valence-corrected chi connectivity index (χ4v) is 1.22. The first-order chi connectivity index (χ1) is 5.21. The van der Waals surface area contributed by atoms with Gasteiger partial charge in [0.1, 0.15) is 5.75 Å². The number of halogens is 1. The minimum absolute atomic E-state index is 0. The highest BCUT2D eigenvalue weighted by atomic mass is 35.5. The van der Waals surface area contributed by atoms with Crippen LogP contribution in [0.15, 0.2) is 24.3 Å². The van der Waals surface area contributed by atoms with Gasteiger partial charge in [-0.25, -0.2) is 0 Å². The van der Waals surface area contributed by atoms with Gasteiger partial charge < -0.3 is 10.8 Å². The Bertz CT molecular complexity index is 266. The third-order valence-electron chi connectivity index (χ3n) is 2.23. The Morgan fingerprint density at radius 1 is 1.17 bits per heavy atom. The lowest BCUT2D eigenvalue weighted by Gasteiger charge is -2.07. The zero-order valence-corrected chi connectivity index (χ0v) is 7.47. The summed E-state index contributed by atoms with van der Waals surface area (Å²) in [6.07, 6.45) is 2.13. The van der Waals surface area contributed by atoms with Gasteiger partial charge in [0.25, 0.3) is 0 Å². The molecule has 66 valence electrons. The van der Waals surface area contributed by atoms with Gasteiger partial charge in [0, 0.05) is 5.54 Å². The van der Waals surface area contributed by atoms with Crippen molar-refractivity contribution in [3.05, 3.63) is 29.8 Å². The molecule has 1 aromatic rings. The van der Waals surface area contributed by atoms with E-state index in [1.54, 1.807) is 12.1 Å². The molecule has 2 nitrogen and oxygen atoms in total. The maximum Gasteiger partial charge on any atom is 0.115 e. The molecule has 0 unspecified atom stereocenters. The first-order valence-electron chi connectivity index (χ1n) is 3.79. The zero-order valence-electron chi connectivity index (χ0n) is 6.66. The minimum Gasteiger partial charge on any atom is -0.508 e. The summed E-state index contributed by atoms with van der Waals surface area (Å²) in [4.78, 5) is 0. The fraction of sp³-hybridized carbons (Fsp3) is 0.333. The Morgan fingerprint density at radius 3 is 2.08 bits per heavy atom. The van der Waals surface area contributed by atoms with E-state index >= 15 is 0 Å². The molecule has 3 N–H and O–H groups in total. The van der Waals surface area contributed by atoms with Crippen molar-refractivity contribution >= 4 is 12.4 Å². The average molecular weight is 186 g/mol. The number of aromatic hydroxyl groups is 1. The van der Waals surface area contributed by atoms with E-state index in [2.05, 4.69) is 0 Å². The van der Waals surface area contributed by atoms with Crippen molar-refractivity contribution in [3.63, 3.8) is 0 Å². The monoisotopic (exact) mass is 185 g/mol. The molecule has 0 aromatic heterocycles. The molecule has 1 saturated carbocycles. The van der Waals surface area contributed by atoms with Crippen LogP contribution in [0.3, 0.4) is 0 Å². The molecular formula is C9H12ClNO. The van der Waals surface area contributed by atoms with Gasteiger partial charge in [-0.05, 0) is 30.5 Å². The average Bonchev–Trinajstić information content (AvgIpc) is 2.70. The fourth-order valence-electron chi connectivity index (χ4n) is 1.22. The largest absolute Gasteiger partial charge is 0.508 e. The molecular weight excluding hydrogens is 174 g/mol. The van der Waals surface area contributed by atoms with Crippen LogP contribution in [0.1, 0.15) is 18.4 Å². The van der Waals surface area contributed by atoms with Crippen LogP contribution < -0.4 is 5.73 Å². The van der Waals surface area contributed by atoms with E-state index in [9.17, 15) is 0 Å². The van der Waals surface area contributed by atoms with Crippen molar-refractivity contribution in [2.45, 2.75) is 18.4 Å². The van der Waals surface area contributed by atoms with Crippen LogP contribution in [0, 0.1) is 0 Å². The van der Waals surface area contributed by atoms with Crippen LogP contribution >= 0.6 is 12.4 Å². The predicted octanol–water partition coefficient (Wildman–Crippen LogP) is 1.76. The summed E-state index contributed by atoms with van der Waals surface area (Å²) in [5.74, 6) is 0.304. The number of phenols is 1. The van der Waals surface area contributed by atoms with E-state index in [1.165, 1.54) is 0 Å². The second-order valence-corrected chi connectivity index (χ2v) is 3.20. The number of nitrogens with two attached hydrogens (primary N) is 1. The SMILES string of the molecule is Cl.NC1(c2ccc(O)cc2)CC1.